The van der Waals surface area contributed by atoms with Crippen LogP contribution in [0.1, 0.15) is 0 Å². The minimum absolute atomic E-state index is 0.0893. The van der Waals surface area contributed by atoms with Crippen LogP contribution in [0.4, 0.5) is 11.4 Å². The lowest BCUT2D eigenvalue weighted by Gasteiger charge is -2.15. The number of nitro groups is 1. The van der Waals surface area contributed by atoms with Gasteiger partial charge < -0.3 is 14.5 Å². The molecule has 0 fully saturated rings. The van der Waals surface area contributed by atoms with Crippen molar-refractivity contribution in [1.82, 2.24) is 4.90 Å². The number of hydrogen-bond donors (Lipinski definition) is 0. The van der Waals surface area contributed by atoms with E-state index in [4.69, 9.17) is 4.74 Å². The first-order valence-corrected chi connectivity index (χ1v) is 5.61. The third kappa shape index (κ3) is 3.84. The van der Waals surface area contributed by atoms with Crippen LogP contribution in [0.15, 0.2) is 18.2 Å². The van der Waals surface area contributed by atoms with Crippen molar-refractivity contribution in [1.29, 1.82) is 0 Å². The first-order valence-electron chi connectivity index (χ1n) is 5.61. The quantitative estimate of drug-likeness (QED) is 0.590. The van der Waals surface area contributed by atoms with E-state index in [-0.39, 0.29) is 24.0 Å². The molecule has 1 rings (SSSR count). The molecule has 7 nitrogen and oxygen atoms in total. The lowest BCUT2D eigenvalue weighted by molar-refractivity contribution is -0.385. The molecule has 0 heterocycles. The van der Waals surface area contributed by atoms with Gasteiger partial charge in [0.15, 0.2) is 12.4 Å². The molecule has 1 aromatic rings. The molecule has 7 heteroatoms. The van der Waals surface area contributed by atoms with Gasteiger partial charge >= 0.3 is 5.69 Å². The lowest BCUT2D eigenvalue weighted by Crippen LogP contribution is -2.27. The molecule has 1 aromatic carbocycles. The first-order chi connectivity index (χ1) is 8.82. The van der Waals surface area contributed by atoms with Crippen molar-refractivity contribution >= 4 is 17.3 Å². The number of nitro benzene ring substituents is 1. The van der Waals surface area contributed by atoms with Crippen LogP contribution in [0.25, 0.3) is 0 Å². The summed E-state index contributed by atoms with van der Waals surface area (Å²) in [5.74, 6) is -0.170. The average Bonchev–Trinajstić information content (AvgIpc) is 2.34. The van der Waals surface area contributed by atoms with E-state index >= 15 is 0 Å². The van der Waals surface area contributed by atoms with Crippen molar-refractivity contribution < 1.29 is 14.5 Å². The molecule has 0 aliphatic rings. The number of carbonyl (C=O) groups excluding carboxylic acids is 1. The maximum absolute atomic E-state index is 11.4. The van der Waals surface area contributed by atoms with Gasteiger partial charge in [-0.1, -0.05) is 0 Å². The van der Waals surface area contributed by atoms with E-state index in [9.17, 15) is 14.9 Å². The average molecular weight is 267 g/mol. The summed E-state index contributed by atoms with van der Waals surface area (Å²) in [6, 6.07) is 4.53. The van der Waals surface area contributed by atoms with Crippen LogP contribution in [0.2, 0.25) is 0 Å². The van der Waals surface area contributed by atoms with E-state index in [1.54, 1.807) is 31.1 Å². The van der Waals surface area contributed by atoms with Gasteiger partial charge in [0, 0.05) is 46.0 Å². The van der Waals surface area contributed by atoms with E-state index in [1.807, 2.05) is 14.1 Å². The topological polar surface area (TPSA) is 75.9 Å². The summed E-state index contributed by atoms with van der Waals surface area (Å²) in [6.07, 6.45) is 0. The van der Waals surface area contributed by atoms with Crippen LogP contribution < -0.4 is 9.64 Å². The summed E-state index contributed by atoms with van der Waals surface area (Å²) in [4.78, 5) is 25.0. The number of ether oxygens (including phenoxy) is 1. The molecule has 0 aromatic heterocycles. The van der Waals surface area contributed by atoms with E-state index in [2.05, 4.69) is 0 Å². The number of anilines is 1. The molecule has 0 unspecified atom stereocenters. The Bertz CT molecular complexity index is 486. The van der Waals surface area contributed by atoms with Gasteiger partial charge in [-0.2, -0.15) is 0 Å². The highest BCUT2D eigenvalue weighted by Gasteiger charge is 2.17. The number of carbonyl (C=O) groups is 1. The molecule has 104 valence electrons. The lowest BCUT2D eigenvalue weighted by atomic mass is 10.2. The Morgan fingerprint density at radius 1 is 1.32 bits per heavy atom. The van der Waals surface area contributed by atoms with E-state index < -0.39 is 4.92 Å². The van der Waals surface area contributed by atoms with Crippen LogP contribution in [-0.4, -0.2) is 50.5 Å². The van der Waals surface area contributed by atoms with Gasteiger partial charge in [-0.05, 0) is 6.07 Å². The second-order valence-corrected chi connectivity index (χ2v) is 4.38. The molecule has 0 aliphatic carbocycles. The number of rotatable bonds is 5. The number of likely N-dealkylation sites (N-methyl/N-ethyl adjacent to an activating group) is 1. The summed E-state index contributed by atoms with van der Waals surface area (Å²) in [6.45, 7) is -0.231. The Hall–Kier alpha value is -2.31. The van der Waals surface area contributed by atoms with Crippen molar-refractivity contribution in [2.75, 3.05) is 39.7 Å². The Balaban J connectivity index is 2.98. The van der Waals surface area contributed by atoms with Gasteiger partial charge in [0.2, 0.25) is 0 Å². The standard InChI is InChI=1S/C12H17N3O4/c1-13(2)9-5-6-10(15(17)18)11(7-9)19-8-12(16)14(3)4/h5-7H,8H2,1-4H3. The third-order valence-electron chi connectivity index (χ3n) is 2.51. The molecule has 0 bridgehead atoms. The molecule has 0 N–H and O–H groups in total. The van der Waals surface area contributed by atoms with Crippen molar-refractivity contribution in [2.24, 2.45) is 0 Å². The number of hydrogen-bond acceptors (Lipinski definition) is 5. The van der Waals surface area contributed by atoms with E-state index in [0.717, 1.165) is 5.69 Å². The van der Waals surface area contributed by atoms with Crippen molar-refractivity contribution in [3.63, 3.8) is 0 Å². The Morgan fingerprint density at radius 3 is 2.42 bits per heavy atom. The van der Waals surface area contributed by atoms with Crippen LogP contribution in [0.5, 0.6) is 5.75 Å². The minimum Gasteiger partial charge on any atom is -0.477 e. The maximum atomic E-state index is 11.4. The molecule has 0 atom stereocenters. The highest BCUT2D eigenvalue weighted by Crippen LogP contribution is 2.31. The van der Waals surface area contributed by atoms with Gasteiger partial charge in [0.1, 0.15) is 0 Å². The summed E-state index contributed by atoms with van der Waals surface area (Å²) < 4.78 is 5.25. The number of amides is 1. The number of nitrogens with zero attached hydrogens (tertiary/aromatic N) is 3. The molecule has 0 radical (unpaired) electrons. The van der Waals surface area contributed by atoms with E-state index in [0.29, 0.717) is 0 Å². The Kier molecular flexibility index (Phi) is 4.68. The minimum atomic E-state index is -0.533. The van der Waals surface area contributed by atoms with Crippen LogP contribution in [0.3, 0.4) is 0 Å². The highest BCUT2D eigenvalue weighted by molar-refractivity contribution is 5.77. The fourth-order valence-electron chi connectivity index (χ4n) is 1.32. The van der Waals surface area contributed by atoms with Crippen molar-refractivity contribution in [3.8, 4) is 5.75 Å². The number of benzene rings is 1. The Labute approximate surface area is 111 Å². The molecule has 0 aliphatic heterocycles. The first kappa shape index (κ1) is 14.7. The molecule has 19 heavy (non-hydrogen) atoms. The predicted molar refractivity (Wildman–Crippen MR) is 71.6 cm³/mol. The molecular formula is C12H17N3O4. The van der Waals surface area contributed by atoms with E-state index in [1.165, 1.54) is 11.0 Å². The zero-order valence-electron chi connectivity index (χ0n) is 11.4. The zero-order chi connectivity index (χ0) is 14.6. The predicted octanol–water partition coefficient (Wildman–Crippen LogP) is 1.13. The maximum Gasteiger partial charge on any atom is 0.311 e. The molecule has 0 saturated carbocycles. The van der Waals surface area contributed by atoms with Gasteiger partial charge in [0.05, 0.1) is 4.92 Å². The summed E-state index contributed by atoms with van der Waals surface area (Å²) in [7, 11) is 6.82. The Morgan fingerprint density at radius 2 is 1.95 bits per heavy atom. The third-order valence-corrected chi connectivity index (χ3v) is 2.51. The molecule has 1 amide bonds. The largest absolute Gasteiger partial charge is 0.477 e. The smallest absolute Gasteiger partial charge is 0.311 e. The highest BCUT2D eigenvalue weighted by atomic mass is 16.6. The summed E-state index contributed by atoms with van der Waals surface area (Å²) >= 11 is 0. The summed E-state index contributed by atoms with van der Waals surface area (Å²) in [5.41, 5.74) is 0.607. The zero-order valence-corrected chi connectivity index (χ0v) is 11.4. The van der Waals surface area contributed by atoms with Crippen LogP contribution in [0, 0.1) is 10.1 Å². The summed E-state index contributed by atoms with van der Waals surface area (Å²) in [5, 5.41) is 10.9. The molecule has 0 spiro atoms. The molecular weight excluding hydrogens is 250 g/mol. The van der Waals surface area contributed by atoms with Crippen LogP contribution >= 0.6 is 0 Å². The van der Waals surface area contributed by atoms with Gasteiger partial charge in [0.25, 0.3) is 5.91 Å². The van der Waals surface area contributed by atoms with Crippen molar-refractivity contribution in [2.45, 2.75) is 0 Å². The van der Waals surface area contributed by atoms with Crippen LogP contribution in [-0.2, 0) is 4.79 Å². The second kappa shape index (κ2) is 6.03. The molecule has 0 saturated heterocycles. The van der Waals surface area contributed by atoms with Crippen molar-refractivity contribution in [3.05, 3.63) is 28.3 Å². The van der Waals surface area contributed by atoms with Gasteiger partial charge in [-0.3, -0.25) is 14.9 Å². The monoisotopic (exact) mass is 267 g/mol. The van der Waals surface area contributed by atoms with Gasteiger partial charge in [-0.25, -0.2) is 0 Å². The normalized spacial score (nSPS) is 9.89. The fourth-order valence-corrected chi connectivity index (χ4v) is 1.32. The SMILES string of the molecule is CN(C)C(=O)COc1cc(N(C)C)ccc1[N+](=O)[O-]. The fraction of sp³-hybridized carbons (Fsp3) is 0.417. The second-order valence-electron chi connectivity index (χ2n) is 4.38. The van der Waals surface area contributed by atoms with Gasteiger partial charge in [-0.15, -0.1) is 0 Å².